The molecule has 2 aromatic heterocycles. The Balaban J connectivity index is 2.11. The molecule has 1 atom stereocenters. The zero-order valence-electron chi connectivity index (χ0n) is 10.3. The molecule has 4 heteroatoms. The number of hydrogen-bond acceptors (Lipinski definition) is 3. The molecular weight excluding hydrogens is 212 g/mol. The number of aromatic nitrogens is 3. The summed E-state index contributed by atoms with van der Waals surface area (Å²) in [5.41, 5.74) is 2.51. The minimum absolute atomic E-state index is 0.303. The van der Waals surface area contributed by atoms with E-state index in [0.29, 0.717) is 6.04 Å². The van der Waals surface area contributed by atoms with Crippen LogP contribution in [0, 0.1) is 0 Å². The summed E-state index contributed by atoms with van der Waals surface area (Å²) in [7, 11) is 1.98. The Kier molecular flexibility index (Phi) is 3.88. The molecular formula is C13H18N4. The van der Waals surface area contributed by atoms with Gasteiger partial charge in [-0.15, -0.1) is 0 Å². The van der Waals surface area contributed by atoms with Gasteiger partial charge in [-0.25, -0.2) is 0 Å². The third kappa shape index (κ3) is 2.91. The Hall–Kier alpha value is -1.68. The lowest BCUT2D eigenvalue weighted by Crippen LogP contribution is -2.18. The SMILES string of the molecule is CCn1cc(C(Cc2ccncc2)NC)cn1. The van der Waals surface area contributed by atoms with Crippen LogP contribution in [0.15, 0.2) is 36.9 Å². The standard InChI is InChI=1S/C13H18N4/c1-3-17-10-12(9-16-17)13(14-2)8-11-4-6-15-7-5-11/h4-7,9-10,13-14H,3,8H2,1-2H3. The number of aryl methyl sites for hydroxylation is 1. The van der Waals surface area contributed by atoms with Crippen LogP contribution in [0.2, 0.25) is 0 Å². The number of hydrogen-bond donors (Lipinski definition) is 1. The van der Waals surface area contributed by atoms with Gasteiger partial charge in [0.2, 0.25) is 0 Å². The van der Waals surface area contributed by atoms with E-state index in [0.717, 1.165) is 13.0 Å². The van der Waals surface area contributed by atoms with Crippen molar-refractivity contribution in [3.8, 4) is 0 Å². The van der Waals surface area contributed by atoms with E-state index in [1.165, 1.54) is 11.1 Å². The molecule has 0 fully saturated rings. The molecule has 0 aliphatic heterocycles. The van der Waals surface area contributed by atoms with E-state index in [1.807, 2.05) is 30.3 Å². The minimum atomic E-state index is 0.303. The molecule has 0 bridgehead atoms. The maximum Gasteiger partial charge on any atom is 0.0537 e. The predicted octanol–water partition coefficient (Wildman–Crippen LogP) is 1.80. The first kappa shape index (κ1) is 11.8. The van der Waals surface area contributed by atoms with E-state index in [1.54, 1.807) is 0 Å². The highest BCUT2D eigenvalue weighted by molar-refractivity contribution is 5.18. The van der Waals surface area contributed by atoms with Crippen LogP contribution in [0.5, 0.6) is 0 Å². The van der Waals surface area contributed by atoms with Gasteiger partial charge < -0.3 is 5.32 Å². The number of nitrogens with one attached hydrogen (secondary N) is 1. The summed E-state index contributed by atoms with van der Waals surface area (Å²) in [5, 5.41) is 7.64. The van der Waals surface area contributed by atoms with Crippen LogP contribution in [-0.4, -0.2) is 21.8 Å². The van der Waals surface area contributed by atoms with E-state index in [2.05, 4.69) is 40.7 Å². The van der Waals surface area contributed by atoms with Crippen molar-refractivity contribution in [1.29, 1.82) is 0 Å². The molecule has 0 aliphatic carbocycles. The first-order chi connectivity index (χ1) is 8.33. The molecule has 0 amide bonds. The average Bonchev–Trinajstić information content (AvgIpc) is 2.86. The van der Waals surface area contributed by atoms with Gasteiger partial charge in [-0.05, 0) is 38.1 Å². The Morgan fingerprint density at radius 3 is 2.71 bits per heavy atom. The van der Waals surface area contributed by atoms with Crippen molar-refractivity contribution in [1.82, 2.24) is 20.1 Å². The predicted molar refractivity (Wildman–Crippen MR) is 67.6 cm³/mol. The van der Waals surface area contributed by atoms with Crippen molar-refractivity contribution in [2.75, 3.05) is 7.05 Å². The molecule has 0 aromatic carbocycles. The summed E-state index contributed by atoms with van der Waals surface area (Å²) < 4.78 is 1.95. The van der Waals surface area contributed by atoms with Crippen LogP contribution in [0.3, 0.4) is 0 Å². The van der Waals surface area contributed by atoms with E-state index >= 15 is 0 Å². The molecule has 4 nitrogen and oxygen atoms in total. The smallest absolute Gasteiger partial charge is 0.0537 e. The summed E-state index contributed by atoms with van der Waals surface area (Å²) in [6, 6.07) is 4.40. The fourth-order valence-corrected chi connectivity index (χ4v) is 1.87. The maximum absolute atomic E-state index is 4.31. The first-order valence-corrected chi connectivity index (χ1v) is 5.92. The average molecular weight is 230 g/mol. The minimum Gasteiger partial charge on any atom is -0.313 e. The van der Waals surface area contributed by atoms with Crippen molar-refractivity contribution >= 4 is 0 Å². The van der Waals surface area contributed by atoms with Gasteiger partial charge in [0.1, 0.15) is 0 Å². The fourth-order valence-electron chi connectivity index (χ4n) is 1.87. The van der Waals surface area contributed by atoms with Crippen molar-refractivity contribution in [2.45, 2.75) is 25.9 Å². The molecule has 0 saturated carbocycles. The zero-order chi connectivity index (χ0) is 12.1. The molecule has 1 N–H and O–H groups in total. The van der Waals surface area contributed by atoms with Crippen LogP contribution >= 0.6 is 0 Å². The second-order valence-electron chi connectivity index (χ2n) is 4.03. The van der Waals surface area contributed by atoms with Crippen LogP contribution < -0.4 is 5.32 Å². The third-order valence-corrected chi connectivity index (χ3v) is 2.92. The molecule has 2 rings (SSSR count). The summed E-state index contributed by atoms with van der Waals surface area (Å²) in [6.45, 7) is 3.00. The lowest BCUT2D eigenvalue weighted by Gasteiger charge is -2.14. The van der Waals surface area contributed by atoms with Crippen molar-refractivity contribution in [3.05, 3.63) is 48.0 Å². The van der Waals surface area contributed by atoms with Crippen LogP contribution in [0.1, 0.15) is 24.1 Å². The van der Waals surface area contributed by atoms with Gasteiger partial charge in [-0.2, -0.15) is 5.10 Å². The maximum atomic E-state index is 4.31. The normalized spacial score (nSPS) is 12.6. The van der Waals surface area contributed by atoms with Gasteiger partial charge in [-0.3, -0.25) is 9.67 Å². The van der Waals surface area contributed by atoms with E-state index in [9.17, 15) is 0 Å². The van der Waals surface area contributed by atoms with E-state index < -0.39 is 0 Å². The van der Waals surface area contributed by atoms with Gasteiger partial charge in [0.05, 0.1) is 6.20 Å². The fraction of sp³-hybridized carbons (Fsp3) is 0.385. The third-order valence-electron chi connectivity index (χ3n) is 2.92. The molecule has 0 saturated heterocycles. The van der Waals surface area contributed by atoms with Gasteiger partial charge >= 0.3 is 0 Å². The number of nitrogens with zero attached hydrogens (tertiary/aromatic N) is 3. The first-order valence-electron chi connectivity index (χ1n) is 5.92. The topological polar surface area (TPSA) is 42.7 Å². The second-order valence-corrected chi connectivity index (χ2v) is 4.03. The second kappa shape index (κ2) is 5.59. The highest BCUT2D eigenvalue weighted by atomic mass is 15.3. The largest absolute Gasteiger partial charge is 0.313 e. The molecule has 2 aromatic rings. The Labute approximate surface area is 102 Å². The van der Waals surface area contributed by atoms with Crippen molar-refractivity contribution in [2.24, 2.45) is 0 Å². The van der Waals surface area contributed by atoms with Crippen LogP contribution in [0.4, 0.5) is 0 Å². The molecule has 0 radical (unpaired) electrons. The molecule has 1 unspecified atom stereocenters. The number of rotatable bonds is 5. The molecule has 90 valence electrons. The summed E-state index contributed by atoms with van der Waals surface area (Å²) in [5.74, 6) is 0. The summed E-state index contributed by atoms with van der Waals surface area (Å²) in [4.78, 5) is 4.03. The lowest BCUT2D eigenvalue weighted by molar-refractivity contribution is 0.589. The van der Waals surface area contributed by atoms with Crippen molar-refractivity contribution < 1.29 is 0 Å². The van der Waals surface area contributed by atoms with Crippen LogP contribution in [0.25, 0.3) is 0 Å². The Bertz CT molecular complexity index is 449. The van der Waals surface area contributed by atoms with Gasteiger partial charge in [0.15, 0.2) is 0 Å². The molecule has 0 spiro atoms. The Morgan fingerprint density at radius 2 is 2.12 bits per heavy atom. The van der Waals surface area contributed by atoms with E-state index in [-0.39, 0.29) is 0 Å². The number of pyridine rings is 1. The number of likely N-dealkylation sites (N-methyl/N-ethyl adjacent to an activating group) is 1. The quantitative estimate of drug-likeness (QED) is 0.851. The summed E-state index contributed by atoms with van der Waals surface area (Å²) >= 11 is 0. The summed E-state index contributed by atoms with van der Waals surface area (Å²) in [6.07, 6.45) is 8.65. The molecule has 2 heterocycles. The Morgan fingerprint density at radius 1 is 1.35 bits per heavy atom. The zero-order valence-corrected chi connectivity index (χ0v) is 10.3. The highest BCUT2D eigenvalue weighted by Crippen LogP contribution is 2.17. The van der Waals surface area contributed by atoms with Gasteiger partial charge in [0.25, 0.3) is 0 Å². The molecule has 0 aliphatic rings. The highest BCUT2D eigenvalue weighted by Gasteiger charge is 2.11. The molecule has 17 heavy (non-hydrogen) atoms. The van der Waals surface area contributed by atoms with Crippen molar-refractivity contribution in [3.63, 3.8) is 0 Å². The lowest BCUT2D eigenvalue weighted by atomic mass is 10.0. The monoisotopic (exact) mass is 230 g/mol. The van der Waals surface area contributed by atoms with E-state index in [4.69, 9.17) is 0 Å². The van der Waals surface area contributed by atoms with Crippen LogP contribution in [-0.2, 0) is 13.0 Å². The van der Waals surface area contributed by atoms with Gasteiger partial charge in [-0.1, -0.05) is 0 Å². The van der Waals surface area contributed by atoms with Gasteiger partial charge in [0, 0.05) is 36.7 Å².